The highest BCUT2D eigenvalue weighted by molar-refractivity contribution is 7.89. The van der Waals surface area contributed by atoms with Gasteiger partial charge >= 0.3 is 0 Å². The number of sulfonamides is 1. The van der Waals surface area contributed by atoms with Crippen LogP contribution in [0.15, 0.2) is 29.2 Å². The Labute approximate surface area is 81.8 Å². The number of hydrogen-bond donors (Lipinski definition) is 1. The highest BCUT2D eigenvalue weighted by Crippen LogP contribution is 2.11. The molecule has 0 unspecified atom stereocenters. The fraction of sp³-hybridized carbons (Fsp3) is 0. The lowest BCUT2D eigenvalue weighted by molar-refractivity contribution is -0.103. The summed E-state index contributed by atoms with van der Waals surface area (Å²) in [6, 6.07) is 5.97. The first-order chi connectivity index (χ1) is 6.55. The molecule has 0 fully saturated rings. The van der Waals surface area contributed by atoms with Crippen LogP contribution in [0.5, 0.6) is 0 Å². The molecular formula is C9H7NO3S. The predicted molar refractivity (Wildman–Crippen MR) is 50.8 cm³/mol. The molecule has 0 atom stereocenters. The van der Waals surface area contributed by atoms with Crippen LogP contribution in [-0.4, -0.2) is 14.7 Å². The van der Waals surface area contributed by atoms with Gasteiger partial charge in [-0.15, -0.1) is 0 Å². The van der Waals surface area contributed by atoms with Crippen LogP contribution in [0, 0.1) is 11.8 Å². The maximum atomic E-state index is 11.0. The van der Waals surface area contributed by atoms with Gasteiger partial charge in [0, 0.05) is 5.56 Å². The Morgan fingerprint density at radius 1 is 1.29 bits per heavy atom. The van der Waals surface area contributed by atoms with Crippen LogP contribution in [0.3, 0.4) is 0 Å². The van der Waals surface area contributed by atoms with E-state index in [0.717, 1.165) is 0 Å². The average molecular weight is 209 g/mol. The number of carbonyl (C=O) groups excluding carboxylic acids is 1. The summed E-state index contributed by atoms with van der Waals surface area (Å²) in [6.45, 7) is 0. The summed E-state index contributed by atoms with van der Waals surface area (Å²) in [5, 5.41) is 4.95. The summed E-state index contributed by atoms with van der Waals surface area (Å²) in [5.74, 6) is 4.52. The van der Waals surface area contributed by atoms with Crippen LogP contribution in [-0.2, 0) is 14.8 Å². The molecule has 5 heteroatoms. The van der Waals surface area contributed by atoms with Gasteiger partial charge in [0.25, 0.3) is 0 Å². The van der Waals surface area contributed by atoms with Crippen LogP contribution < -0.4 is 5.14 Å². The number of rotatable bonds is 1. The van der Waals surface area contributed by atoms with Gasteiger partial charge in [-0.2, -0.15) is 0 Å². The highest BCUT2D eigenvalue weighted by atomic mass is 32.2. The van der Waals surface area contributed by atoms with Crippen molar-refractivity contribution in [3.8, 4) is 11.8 Å². The second-order valence-electron chi connectivity index (χ2n) is 2.43. The van der Waals surface area contributed by atoms with Crippen LogP contribution >= 0.6 is 0 Å². The highest BCUT2D eigenvalue weighted by Gasteiger charge is 2.10. The first kappa shape index (κ1) is 10.4. The third-order valence-corrected chi connectivity index (χ3v) is 2.43. The van der Waals surface area contributed by atoms with E-state index in [9.17, 15) is 13.2 Å². The van der Waals surface area contributed by atoms with Gasteiger partial charge in [0.2, 0.25) is 10.0 Å². The molecule has 4 nitrogen and oxygen atoms in total. The monoisotopic (exact) mass is 209 g/mol. The van der Waals surface area contributed by atoms with Gasteiger partial charge in [-0.1, -0.05) is 18.1 Å². The molecule has 1 rings (SSSR count). The number of carbonyl (C=O) groups is 1. The van der Waals surface area contributed by atoms with E-state index in [4.69, 9.17) is 5.14 Å². The minimum Gasteiger partial charge on any atom is -0.289 e. The fourth-order valence-corrected chi connectivity index (χ4v) is 1.62. The summed E-state index contributed by atoms with van der Waals surface area (Å²) >= 11 is 0. The van der Waals surface area contributed by atoms with E-state index in [2.05, 4.69) is 11.8 Å². The van der Waals surface area contributed by atoms with E-state index in [-0.39, 0.29) is 10.5 Å². The molecule has 72 valence electrons. The number of nitrogens with two attached hydrogens (primary N) is 1. The summed E-state index contributed by atoms with van der Waals surface area (Å²) in [7, 11) is -3.78. The van der Waals surface area contributed by atoms with Gasteiger partial charge < -0.3 is 0 Å². The van der Waals surface area contributed by atoms with E-state index >= 15 is 0 Å². The number of primary sulfonamides is 1. The third kappa shape index (κ3) is 2.42. The SMILES string of the molecule is NS(=O)(=O)c1ccccc1C#CC=O. The molecule has 1 aromatic rings. The van der Waals surface area contributed by atoms with Crippen molar-refractivity contribution < 1.29 is 13.2 Å². The standard InChI is InChI=1S/C9H7NO3S/c10-14(12,13)9-6-2-1-4-8(9)5-3-7-11/h1-2,4,6-7H,(H2,10,12,13). The molecule has 0 amide bonds. The van der Waals surface area contributed by atoms with Crippen molar-refractivity contribution in [3.05, 3.63) is 29.8 Å². The lowest BCUT2D eigenvalue weighted by Gasteiger charge is -1.99. The molecular weight excluding hydrogens is 202 g/mol. The van der Waals surface area contributed by atoms with E-state index < -0.39 is 10.0 Å². The second-order valence-corrected chi connectivity index (χ2v) is 3.96. The molecule has 0 spiro atoms. The number of aldehydes is 1. The quantitative estimate of drug-likeness (QED) is 0.517. The van der Waals surface area contributed by atoms with Crippen molar-refractivity contribution in [2.24, 2.45) is 5.14 Å². The minimum atomic E-state index is -3.78. The Morgan fingerprint density at radius 3 is 2.50 bits per heavy atom. The van der Waals surface area contributed by atoms with E-state index in [1.165, 1.54) is 18.2 Å². The van der Waals surface area contributed by atoms with Crippen LogP contribution in [0.25, 0.3) is 0 Å². The zero-order valence-electron chi connectivity index (χ0n) is 7.10. The summed E-state index contributed by atoms with van der Waals surface area (Å²) < 4.78 is 22.1. The summed E-state index contributed by atoms with van der Waals surface area (Å²) in [6.07, 6.45) is 0.389. The molecule has 0 aliphatic rings. The Morgan fingerprint density at radius 2 is 1.93 bits per heavy atom. The van der Waals surface area contributed by atoms with Gasteiger partial charge in [-0.25, -0.2) is 13.6 Å². The molecule has 14 heavy (non-hydrogen) atoms. The van der Waals surface area contributed by atoms with E-state index in [1.54, 1.807) is 6.07 Å². The zero-order valence-corrected chi connectivity index (χ0v) is 7.91. The fourth-order valence-electron chi connectivity index (χ4n) is 0.925. The Kier molecular flexibility index (Phi) is 3.02. The normalized spacial score (nSPS) is 10.1. The van der Waals surface area contributed by atoms with Crippen molar-refractivity contribution in [2.75, 3.05) is 0 Å². The largest absolute Gasteiger partial charge is 0.289 e. The molecule has 0 heterocycles. The maximum absolute atomic E-state index is 11.0. The second kappa shape index (κ2) is 4.05. The van der Waals surface area contributed by atoms with E-state index in [0.29, 0.717) is 6.29 Å². The molecule has 0 bridgehead atoms. The van der Waals surface area contributed by atoms with Gasteiger partial charge in [0.05, 0.1) is 4.90 Å². The third-order valence-electron chi connectivity index (χ3n) is 1.46. The summed E-state index contributed by atoms with van der Waals surface area (Å²) in [5.41, 5.74) is 0.224. The Hall–Kier alpha value is -1.64. The lowest BCUT2D eigenvalue weighted by Crippen LogP contribution is -2.13. The topological polar surface area (TPSA) is 77.2 Å². The van der Waals surface area contributed by atoms with Gasteiger partial charge in [0.1, 0.15) is 0 Å². The molecule has 0 radical (unpaired) electrons. The van der Waals surface area contributed by atoms with Crippen LogP contribution in [0.1, 0.15) is 5.56 Å². The van der Waals surface area contributed by atoms with Crippen molar-refractivity contribution in [2.45, 2.75) is 4.90 Å². The van der Waals surface area contributed by atoms with Crippen molar-refractivity contribution in [3.63, 3.8) is 0 Å². The molecule has 0 saturated carbocycles. The molecule has 2 N–H and O–H groups in total. The van der Waals surface area contributed by atoms with E-state index in [1.807, 2.05) is 0 Å². The average Bonchev–Trinajstić information content (AvgIpc) is 2.14. The van der Waals surface area contributed by atoms with Crippen LogP contribution in [0.2, 0.25) is 0 Å². The van der Waals surface area contributed by atoms with Gasteiger partial charge in [0.15, 0.2) is 6.29 Å². The molecule has 0 aliphatic carbocycles. The first-order valence-electron chi connectivity index (χ1n) is 3.62. The van der Waals surface area contributed by atoms with Crippen molar-refractivity contribution in [1.29, 1.82) is 0 Å². The Bertz CT molecular complexity index is 508. The molecule has 1 aromatic carbocycles. The van der Waals surface area contributed by atoms with Gasteiger partial charge in [-0.05, 0) is 18.1 Å². The Balaban J connectivity index is 3.38. The molecule has 0 aromatic heterocycles. The minimum absolute atomic E-state index is 0.0747. The summed E-state index contributed by atoms with van der Waals surface area (Å²) in [4.78, 5) is 9.91. The van der Waals surface area contributed by atoms with Crippen molar-refractivity contribution in [1.82, 2.24) is 0 Å². The lowest BCUT2D eigenvalue weighted by atomic mass is 10.2. The predicted octanol–water partition coefficient (Wildman–Crippen LogP) is -0.116. The van der Waals surface area contributed by atoms with Crippen molar-refractivity contribution >= 4 is 16.3 Å². The molecule has 0 aliphatic heterocycles. The smallest absolute Gasteiger partial charge is 0.239 e. The van der Waals surface area contributed by atoms with Gasteiger partial charge in [-0.3, -0.25) is 4.79 Å². The zero-order chi connectivity index (χ0) is 10.6. The maximum Gasteiger partial charge on any atom is 0.239 e. The van der Waals surface area contributed by atoms with Crippen LogP contribution in [0.4, 0.5) is 0 Å². The number of benzene rings is 1. The number of hydrogen-bond acceptors (Lipinski definition) is 3. The first-order valence-corrected chi connectivity index (χ1v) is 5.17. The molecule has 0 saturated heterocycles.